The summed E-state index contributed by atoms with van der Waals surface area (Å²) in [6.07, 6.45) is 1.48. The van der Waals surface area contributed by atoms with E-state index in [1.54, 1.807) is 38.1 Å². The summed E-state index contributed by atoms with van der Waals surface area (Å²) in [5.74, 6) is 0.273. The predicted octanol–water partition coefficient (Wildman–Crippen LogP) is 2.35. The van der Waals surface area contributed by atoms with E-state index in [1.165, 1.54) is 18.4 Å². The molecule has 0 fully saturated rings. The number of hydrogen-bond acceptors (Lipinski definition) is 4. The van der Waals surface area contributed by atoms with Crippen LogP contribution in [0.1, 0.15) is 19.6 Å². The van der Waals surface area contributed by atoms with Crippen LogP contribution in [0.5, 0.6) is 0 Å². The number of furan rings is 1. The standard InChI is InChI=1S/C15H18N2O4S/c1-11(2)15(18)17-12-5-7-14(8-6-12)22(19,20)16-10-13-4-3-9-21-13/h3-9,11,16H,10H2,1-2H3,(H,17,18). The molecule has 1 aromatic heterocycles. The van der Waals surface area contributed by atoms with Crippen LogP contribution in [0.25, 0.3) is 0 Å². The number of amides is 1. The summed E-state index contributed by atoms with van der Waals surface area (Å²) in [4.78, 5) is 11.7. The first-order valence-corrected chi connectivity index (χ1v) is 8.30. The van der Waals surface area contributed by atoms with Crippen LogP contribution >= 0.6 is 0 Å². The van der Waals surface area contributed by atoms with Gasteiger partial charge in [-0.25, -0.2) is 13.1 Å². The number of nitrogens with one attached hydrogen (secondary N) is 2. The molecule has 2 aromatic rings. The Hall–Kier alpha value is -2.12. The van der Waals surface area contributed by atoms with Crippen LogP contribution in [0.15, 0.2) is 52.0 Å². The van der Waals surface area contributed by atoms with Crippen molar-refractivity contribution in [2.45, 2.75) is 25.3 Å². The lowest BCUT2D eigenvalue weighted by molar-refractivity contribution is -0.118. The molecule has 0 bridgehead atoms. The molecule has 2 rings (SSSR count). The average Bonchev–Trinajstić information content (AvgIpc) is 2.99. The SMILES string of the molecule is CC(C)C(=O)Nc1ccc(S(=O)(=O)NCc2ccco2)cc1. The molecule has 0 unspecified atom stereocenters. The van der Waals surface area contributed by atoms with Gasteiger partial charge in [-0.2, -0.15) is 0 Å². The topological polar surface area (TPSA) is 88.4 Å². The number of carbonyl (C=O) groups is 1. The van der Waals surface area contributed by atoms with Gasteiger partial charge in [-0.3, -0.25) is 4.79 Å². The highest BCUT2D eigenvalue weighted by atomic mass is 32.2. The Morgan fingerprint density at radius 1 is 1.18 bits per heavy atom. The van der Waals surface area contributed by atoms with Gasteiger partial charge in [0.1, 0.15) is 5.76 Å². The van der Waals surface area contributed by atoms with Gasteiger partial charge in [0.25, 0.3) is 0 Å². The fourth-order valence-corrected chi connectivity index (χ4v) is 2.66. The molecule has 0 saturated heterocycles. The Morgan fingerprint density at radius 3 is 2.41 bits per heavy atom. The second-order valence-electron chi connectivity index (χ2n) is 5.07. The van der Waals surface area contributed by atoms with Gasteiger partial charge in [0.15, 0.2) is 0 Å². The zero-order valence-electron chi connectivity index (χ0n) is 12.4. The molecule has 1 aromatic carbocycles. The van der Waals surface area contributed by atoms with Crippen molar-refractivity contribution in [3.8, 4) is 0 Å². The van der Waals surface area contributed by atoms with E-state index in [2.05, 4.69) is 10.0 Å². The van der Waals surface area contributed by atoms with Crippen LogP contribution in [0, 0.1) is 5.92 Å². The van der Waals surface area contributed by atoms with Crippen molar-refractivity contribution in [1.82, 2.24) is 4.72 Å². The third-order valence-corrected chi connectivity index (χ3v) is 4.39. The number of carbonyl (C=O) groups excluding carboxylic acids is 1. The normalized spacial score (nSPS) is 11.6. The molecule has 22 heavy (non-hydrogen) atoms. The molecule has 6 nitrogen and oxygen atoms in total. The Balaban J connectivity index is 2.03. The molecule has 0 saturated carbocycles. The second-order valence-corrected chi connectivity index (χ2v) is 6.84. The highest BCUT2D eigenvalue weighted by Gasteiger charge is 2.14. The van der Waals surface area contributed by atoms with Gasteiger partial charge >= 0.3 is 0 Å². The Kier molecular flexibility index (Phi) is 4.99. The van der Waals surface area contributed by atoms with Gasteiger partial charge in [0, 0.05) is 11.6 Å². The van der Waals surface area contributed by atoms with E-state index in [-0.39, 0.29) is 23.3 Å². The number of hydrogen-bond donors (Lipinski definition) is 2. The fourth-order valence-electron chi connectivity index (χ4n) is 1.67. The lowest BCUT2D eigenvalue weighted by atomic mass is 10.2. The number of sulfonamides is 1. The maximum absolute atomic E-state index is 12.1. The van der Waals surface area contributed by atoms with Crippen molar-refractivity contribution in [2.75, 3.05) is 5.32 Å². The first-order chi connectivity index (χ1) is 10.4. The number of anilines is 1. The van der Waals surface area contributed by atoms with Crippen molar-refractivity contribution in [1.29, 1.82) is 0 Å². The van der Waals surface area contributed by atoms with E-state index in [1.807, 2.05) is 0 Å². The van der Waals surface area contributed by atoms with Crippen LogP contribution in [0.3, 0.4) is 0 Å². The zero-order valence-corrected chi connectivity index (χ0v) is 13.2. The minimum atomic E-state index is -3.62. The second kappa shape index (κ2) is 6.76. The molecular formula is C15H18N2O4S. The van der Waals surface area contributed by atoms with E-state index < -0.39 is 10.0 Å². The summed E-state index contributed by atoms with van der Waals surface area (Å²) in [7, 11) is -3.62. The quantitative estimate of drug-likeness (QED) is 0.854. The average molecular weight is 322 g/mol. The first kappa shape index (κ1) is 16.3. The zero-order chi connectivity index (χ0) is 16.2. The van der Waals surface area contributed by atoms with Crippen LogP contribution in [0.2, 0.25) is 0 Å². The van der Waals surface area contributed by atoms with Gasteiger partial charge in [-0.1, -0.05) is 13.8 Å². The van der Waals surface area contributed by atoms with Gasteiger partial charge < -0.3 is 9.73 Å². The summed E-state index contributed by atoms with van der Waals surface area (Å²) in [6.45, 7) is 3.65. The molecule has 7 heteroatoms. The van der Waals surface area contributed by atoms with Gasteiger partial charge in [0.2, 0.25) is 15.9 Å². The summed E-state index contributed by atoms with van der Waals surface area (Å²) in [5.41, 5.74) is 0.559. The van der Waals surface area contributed by atoms with E-state index in [4.69, 9.17) is 4.42 Å². The molecule has 0 aliphatic rings. The summed E-state index contributed by atoms with van der Waals surface area (Å²) in [5, 5.41) is 2.71. The minimum absolute atomic E-state index is 0.0845. The van der Waals surface area contributed by atoms with Gasteiger partial charge in [-0.05, 0) is 36.4 Å². The van der Waals surface area contributed by atoms with E-state index in [0.29, 0.717) is 11.4 Å². The highest BCUT2D eigenvalue weighted by molar-refractivity contribution is 7.89. The third kappa shape index (κ3) is 4.19. The molecule has 0 radical (unpaired) electrons. The fraction of sp³-hybridized carbons (Fsp3) is 0.267. The van der Waals surface area contributed by atoms with Crippen LogP contribution in [0.4, 0.5) is 5.69 Å². The molecular weight excluding hydrogens is 304 g/mol. The van der Waals surface area contributed by atoms with Crippen molar-refractivity contribution in [3.05, 3.63) is 48.4 Å². The predicted molar refractivity (Wildman–Crippen MR) is 82.6 cm³/mol. The van der Waals surface area contributed by atoms with Crippen molar-refractivity contribution < 1.29 is 17.6 Å². The van der Waals surface area contributed by atoms with Crippen molar-refractivity contribution in [2.24, 2.45) is 5.92 Å². The molecule has 0 aliphatic heterocycles. The monoisotopic (exact) mass is 322 g/mol. The van der Waals surface area contributed by atoms with E-state index in [0.717, 1.165) is 0 Å². The third-order valence-electron chi connectivity index (χ3n) is 2.97. The molecule has 118 valence electrons. The first-order valence-electron chi connectivity index (χ1n) is 6.81. The molecule has 0 spiro atoms. The van der Waals surface area contributed by atoms with Crippen molar-refractivity contribution in [3.63, 3.8) is 0 Å². The molecule has 1 amide bonds. The van der Waals surface area contributed by atoms with Crippen molar-refractivity contribution >= 4 is 21.6 Å². The largest absolute Gasteiger partial charge is 0.468 e. The van der Waals surface area contributed by atoms with Gasteiger partial charge in [-0.15, -0.1) is 0 Å². The van der Waals surface area contributed by atoms with E-state index >= 15 is 0 Å². The van der Waals surface area contributed by atoms with E-state index in [9.17, 15) is 13.2 Å². The lowest BCUT2D eigenvalue weighted by Gasteiger charge is -2.09. The lowest BCUT2D eigenvalue weighted by Crippen LogP contribution is -2.23. The summed E-state index contributed by atoms with van der Waals surface area (Å²) in [6, 6.07) is 9.38. The molecule has 1 heterocycles. The van der Waals surface area contributed by atoms with Crippen LogP contribution < -0.4 is 10.0 Å². The molecule has 2 N–H and O–H groups in total. The van der Waals surface area contributed by atoms with Crippen LogP contribution in [-0.2, 0) is 21.4 Å². The Morgan fingerprint density at radius 2 is 1.86 bits per heavy atom. The summed E-state index contributed by atoms with van der Waals surface area (Å²) >= 11 is 0. The maximum atomic E-state index is 12.1. The van der Waals surface area contributed by atoms with Gasteiger partial charge in [0.05, 0.1) is 17.7 Å². The Bertz CT molecular complexity index is 719. The minimum Gasteiger partial charge on any atom is -0.468 e. The highest BCUT2D eigenvalue weighted by Crippen LogP contribution is 2.15. The smallest absolute Gasteiger partial charge is 0.240 e. The Labute approximate surface area is 129 Å². The maximum Gasteiger partial charge on any atom is 0.240 e. The number of rotatable bonds is 6. The van der Waals surface area contributed by atoms with Crippen LogP contribution in [-0.4, -0.2) is 14.3 Å². The number of benzene rings is 1. The summed E-state index contributed by atoms with van der Waals surface area (Å²) < 4.78 is 31.8. The molecule has 0 aliphatic carbocycles. The molecule has 0 atom stereocenters.